The minimum atomic E-state index is -0.715. The smallest absolute Gasteiger partial charge is 0.251 e. The van der Waals surface area contributed by atoms with Crippen molar-refractivity contribution in [3.8, 4) is 0 Å². The molecule has 0 atom stereocenters. The van der Waals surface area contributed by atoms with E-state index in [4.69, 9.17) is 5.73 Å². The highest BCUT2D eigenvalue weighted by atomic mass is 35.5. The maximum atomic E-state index is 12.4. The largest absolute Gasteiger partial charge is 0.351 e. The molecule has 1 aromatic carbocycles. The minimum absolute atomic E-state index is 0. The van der Waals surface area contributed by atoms with Crippen LogP contribution in [0, 0.1) is 0 Å². The summed E-state index contributed by atoms with van der Waals surface area (Å²) in [7, 11) is 0. The van der Waals surface area contributed by atoms with E-state index < -0.39 is 5.54 Å². The minimum Gasteiger partial charge on any atom is -0.351 e. The average molecular weight is 445 g/mol. The van der Waals surface area contributed by atoms with Gasteiger partial charge in [0, 0.05) is 25.2 Å². The van der Waals surface area contributed by atoms with Gasteiger partial charge in [-0.15, -0.1) is 24.8 Å². The van der Waals surface area contributed by atoms with Crippen molar-refractivity contribution in [2.45, 2.75) is 57.0 Å². The van der Waals surface area contributed by atoms with Crippen molar-refractivity contribution in [3.63, 3.8) is 0 Å². The molecule has 1 saturated heterocycles. The van der Waals surface area contributed by atoms with Gasteiger partial charge in [0.1, 0.15) is 0 Å². The molecule has 2 aliphatic rings. The van der Waals surface area contributed by atoms with Gasteiger partial charge in [-0.1, -0.05) is 31.4 Å². The van der Waals surface area contributed by atoms with Crippen LogP contribution in [-0.4, -0.2) is 48.4 Å². The standard InChI is InChI=1S/C21H32N4O2.2ClH/c22-21(10-2-1-3-11-21)20(27)24-16-17-6-8-18(9-7-17)19(26)23-12-15-25-13-4-5-14-25;;/h6-9H,1-5,10-16,22H2,(H,23,26)(H,24,27);2*1H. The molecule has 2 amide bonds. The van der Waals surface area contributed by atoms with Gasteiger partial charge < -0.3 is 21.3 Å². The monoisotopic (exact) mass is 444 g/mol. The molecule has 0 aromatic heterocycles. The highest BCUT2D eigenvalue weighted by Gasteiger charge is 2.34. The van der Waals surface area contributed by atoms with Crippen LogP contribution in [0.5, 0.6) is 0 Å². The molecular formula is C21H34Cl2N4O2. The molecule has 0 spiro atoms. The predicted octanol–water partition coefficient (Wildman–Crippen LogP) is 2.63. The fraction of sp³-hybridized carbons (Fsp3) is 0.619. The molecule has 3 rings (SSSR count). The Bertz CT molecular complexity index is 643. The fourth-order valence-electron chi connectivity index (χ4n) is 3.98. The SMILES string of the molecule is Cl.Cl.NC1(C(=O)NCc2ccc(C(=O)NCCN3CCCC3)cc2)CCCCC1. The van der Waals surface area contributed by atoms with Crippen LogP contribution in [0.15, 0.2) is 24.3 Å². The number of hydrogen-bond acceptors (Lipinski definition) is 4. The summed E-state index contributed by atoms with van der Waals surface area (Å²) < 4.78 is 0. The van der Waals surface area contributed by atoms with E-state index in [9.17, 15) is 9.59 Å². The van der Waals surface area contributed by atoms with Crippen LogP contribution in [0.1, 0.15) is 60.9 Å². The van der Waals surface area contributed by atoms with Crippen LogP contribution >= 0.6 is 24.8 Å². The van der Waals surface area contributed by atoms with Gasteiger partial charge in [0.05, 0.1) is 5.54 Å². The van der Waals surface area contributed by atoms with E-state index >= 15 is 0 Å². The summed E-state index contributed by atoms with van der Waals surface area (Å²) >= 11 is 0. The number of nitrogens with one attached hydrogen (secondary N) is 2. The van der Waals surface area contributed by atoms with Crippen LogP contribution in [0.3, 0.4) is 0 Å². The third-order valence-corrected chi connectivity index (χ3v) is 5.78. The number of carbonyl (C=O) groups excluding carboxylic acids is 2. The van der Waals surface area contributed by atoms with Gasteiger partial charge in [-0.2, -0.15) is 0 Å². The number of halogens is 2. The highest BCUT2D eigenvalue weighted by Crippen LogP contribution is 2.26. The summed E-state index contributed by atoms with van der Waals surface area (Å²) in [4.78, 5) is 27.0. The third-order valence-electron chi connectivity index (χ3n) is 5.78. The Kier molecular flexibility index (Phi) is 11.0. The molecule has 1 heterocycles. The number of benzene rings is 1. The zero-order valence-electron chi connectivity index (χ0n) is 17.0. The highest BCUT2D eigenvalue weighted by molar-refractivity contribution is 5.94. The first-order valence-electron chi connectivity index (χ1n) is 10.2. The molecule has 1 aromatic rings. The first-order valence-corrected chi connectivity index (χ1v) is 10.2. The number of nitrogens with two attached hydrogens (primary N) is 1. The normalized spacial score (nSPS) is 18.2. The van der Waals surface area contributed by atoms with Crippen LogP contribution in [0.4, 0.5) is 0 Å². The van der Waals surface area contributed by atoms with E-state index in [2.05, 4.69) is 15.5 Å². The second kappa shape index (κ2) is 12.4. The zero-order chi connectivity index (χ0) is 19.1. The summed E-state index contributed by atoms with van der Waals surface area (Å²) in [5, 5.41) is 5.93. The molecule has 29 heavy (non-hydrogen) atoms. The maximum absolute atomic E-state index is 12.4. The van der Waals surface area contributed by atoms with Crippen molar-refractivity contribution < 1.29 is 9.59 Å². The Labute approximate surface area is 186 Å². The molecule has 6 nitrogen and oxygen atoms in total. The maximum Gasteiger partial charge on any atom is 0.251 e. The molecular weight excluding hydrogens is 411 g/mol. The van der Waals surface area contributed by atoms with E-state index in [1.807, 2.05) is 24.3 Å². The molecule has 164 valence electrons. The molecule has 0 bridgehead atoms. The lowest BCUT2D eigenvalue weighted by molar-refractivity contribution is -0.127. The second-order valence-electron chi connectivity index (χ2n) is 7.90. The van der Waals surface area contributed by atoms with Gasteiger partial charge in [0.25, 0.3) is 5.91 Å². The number of carbonyl (C=O) groups is 2. The van der Waals surface area contributed by atoms with Crippen LogP contribution < -0.4 is 16.4 Å². The van der Waals surface area contributed by atoms with Crippen molar-refractivity contribution in [3.05, 3.63) is 35.4 Å². The van der Waals surface area contributed by atoms with Crippen molar-refractivity contribution in [1.29, 1.82) is 0 Å². The van der Waals surface area contributed by atoms with E-state index in [0.29, 0.717) is 18.7 Å². The fourth-order valence-corrected chi connectivity index (χ4v) is 3.98. The molecule has 1 aliphatic carbocycles. The van der Waals surface area contributed by atoms with Gasteiger partial charge >= 0.3 is 0 Å². The van der Waals surface area contributed by atoms with Crippen molar-refractivity contribution in [2.75, 3.05) is 26.2 Å². The summed E-state index contributed by atoms with van der Waals surface area (Å²) in [5.41, 5.74) is 7.16. The Morgan fingerprint density at radius 1 is 0.931 bits per heavy atom. The third kappa shape index (κ3) is 7.45. The molecule has 2 fully saturated rings. The first-order chi connectivity index (χ1) is 13.1. The van der Waals surface area contributed by atoms with Gasteiger partial charge in [-0.25, -0.2) is 0 Å². The van der Waals surface area contributed by atoms with E-state index in [0.717, 1.165) is 57.3 Å². The molecule has 0 radical (unpaired) electrons. The lowest BCUT2D eigenvalue weighted by atomic mass is 9.82. The average Bonchev–Trinajstić information content (AvgIpc) is 3.20. The summed E-state index contributed by atoms with van der Waals surface area (Å²) in [6, 6.07) is 7.40. The summed E-state index contributed by atoms with van der Waals surface area (Å²) in [5.74, 6) is -0.112. The van der Waals surface area contributed by atoms with Crippen molar-refractivity contribution in [2.24, 2.45) is 5.73 Å². The molecule has 1 aliphatic heterocycles. The number of rotatable bonds is 7. The van der Waals surface area contributed by atoms with Gasteiger partial charge in [-0.05, 0) is 56.5 Å². The Hall–Kier alpha value is -1.34. The topological polar surface area (TPSA) is 87.5 Å². The van der Waals surface area contributed by atoms with Crippen molar-refractivity contribution >= 4 is 36.6 Å². The Morgan fingerprint density at radius 2 is 1.55 bits per heavy atom. The van der Waals surface area contributed by atoms with E-state index in [-0.39, 0.29) is 36.6 Å². The van der Waals surface area contributed by atoms with Gasteiger partial charge in [0.15, 0.2) is 0 Å². The van der Waals surface area contributed by atoms with E-state index in [1.165, 1.54) is 12.8 Å². The number of likely N-dealkylation sites (tertiary alicyclic amines) is 1. The molecule has 0 unspecified atom stereocenters. The van der Waals surface area contributed by atoms with Crippen LogP contribution in [0.2, 0.25) is 0 Å². The van der Waals surface area contributed by atoms with Crippen molar-refractivity contribution in [1.82, 2.24) is 15.5 Å². The predicted molar refractivity (Wildman–Crippen MR) is 121 cm³/mol. The van der Waals surface area contributed by atoms with Gasteiger partial charge in [0.2, 0.25) is 5.91 Å². The summed E-state index contributed by atoms with van der Waals surface area (Å²) in [6.45, 7) is 4.31. The lowest BCUT2D eigenvalue weighted by Crippen LogP contribution is -2.54. The van der Waals surface area contributed by atoms with Crippen LogP contribution in [-0.2, 0) is 11.3 Å². The lowest BCUT2D eigenvalue weighted by Gasteiger charge is -2.31. The first kappa shape index (κ1) is 25.7. The van der Waals surface area contributed by atoms with Crippen LogP contribution in [0.25, 0.3) is 0 Å². The molecule has 1 saturated carbocycles. The van der Waals surface area contributed by atoms with Gasteiger partial charge in [-0.3, -0.25) is 9.59 Å². The number of amides is 2. The molecule has 8 heteroatoms. The Morgan fingerprint density at radius 3 is 2.17 bits per heavy atom. The van der Waals surface area contributed by atoms with E-state index in [1.54, 1.807) is 0 Å². The quantitative estimate of drug-likeness (QED) is 0.602. The molecule has 4 N–H and O–H groups in total. The number of nitrogens with zero attached hydrogens (tertiary/aromatic N) is 1. The number of hydrogen-bond donors (Lipinski definition) is 3. The summed E-state index contributed by atoms with van der Waals surface area (Å²) in [6.07, 6.45) is 7.24. The Balaban J connectivity index is 0.00000210. The zero-order valence-corrected chi connectivity index (χ0v) is 18.6. The second-order valence-corrected chi connectivity index (χ2v) is 7.90.